The molecule has 0 atom stereocenters. The van der Waals surface area contributed by atoms with Gasteiger partial charge in [-0.3, -0.25) is 0 Å². The van der Waals surface area contributed by atoms with Crippen LogP contribution in [0.3, 0.4) is 0 Å². The maximum atomic E-state index is 5.46. The molecule has 0 aliphatic rings. The van der Waals surface area contributed by atoms with E-state index in [1.807, 2.05) is 32.2 Å². The first-order chi connectivity index (χ1) is 9.95. The Morgan fingerprint density at radius 1 is 1.29 bits per heavy atom. The summed E-state index contributed by atoms with van der Waals surface area (Å²) in [6.07, 6.45) is 1.91. The fourth-order valence-corrected chi connectivity index (χ4v) is 2.53. The number of nitrogens with one attached hydrogen (secondary N) is 1. The van der Waals surface area contributed by atoms with E-state index in [9.17, 15) is 0 Å². The maximum absolute atomic E-state index is 5.46. The van der Waals surface area contributed by atoms with Gasteiger partial charge in [0.2, 0.25) is 5.95 Å². The average molecular weight is 288 g/mol. The van der Waals surface area contributed by atoms with Crippen molar-refractivity contribution in [3.63, 3.8) is 0 Å². The fraction of sp³-hybridized carbons (Fsp3) is 0.438. The van der Waals surface area contributed by atoms with Crippen LogP contribution in [0.4, 0.5) is 11.6 Å². The van der Waals surface area contributed by atoms with Crippen LogP contribution in [0.1, 0.15) is 16.8 Å². The Labute approximate surface area is 126 Å². The number of aromatic nitrogens is 2. The standard InChI is InChI=1S/C16H24N4O/c1-11-7-8-14(12(2)15(11)21-6)17-9-13-10-18-16(19(3)4)20(13)5/h7-8,10,17H,9H2,1-6H3. The third-order valence-corrected chi connectivity index (χ3v) is 3.73. The number of ether oxygens (including phenoxy) is 1. The Hall–Kier alpha value is -2.17. The first-order valence-electron chi connectivity index (χ1n) is 7.01. The van der Waals surface area contributed by atoms with E-state index in [-0.39, 0.29) is 0 Å². The van der Waals surface area contributed by atoms with Gasteiger partial charge in [0.15, 0.2) is 0 Å². The third kappa shape index (κ3) is 2.96. The van der Waals surface area contributed by atoms with E-state index in [4.69, 9.17) is 4.74 Å². The molecule has 0 radical (unpaired) electrons. The summed E-state index contributed by atoms with van der Waals surface area (Å²) in [5.74, 6) is 1.89. The minimum atomic E-state index is 0.727. The topological polar surface area (TPSA) is 42.3 Å². The molecule has 114 valence electrons. The quantitative estimate of drug-likeness (QED) is 0.918. The number of hydrogen-bond donors (Lipinski definition) is 1. The molecule has 1 aromatic heterocycles. The highest BCUT2D eigenvalue weighted by Crippen LogP contribution is 2.29. The highest BCUT2D eigenvalue weighted by atomic mass is 16.5. The molecule has 1 heterocycles. The van der Waals surface area contributed by atoms with Crippen LogP contribution < -0.4 is 15.0 Å². The summed E-state index contributed by atoms with van der Waals surface area (Å²) in [7, 11) is 7.73. The lowest BCUT2D eigenvalue weighted by Crippen LogP contribution is -2.15. The van der Waals surface area contributed by atoms with Crippen LogP contribution in [-0.4, -0.2) is 30.8 Å². The minimum absolute atomic E-state index is 0.727. The zero-order valence-corrected chi connectivity index (χ0v) is 13.7. The smallest absolute Gasteiger partial charge is 0.204 e. The average Bonchev–Trinajstić information content (AvgIpc) is 2.80. The summed E-state index contributed by atoms with van der Waals surface area (Å²) in [4.78, 5) is 6.43. The molecule has 0 fully saturated rings. The van der Waals surface area contributed by atoms with Crippen molar-refractivity contribution in [1.29, 1.82) is 0 Å². The Kier molecular flexibility index (Phi) is 4.40. The number of hydrogen-bond acceptors (Lipinski definition) is 4. The molecule has 5 nitrogen and oxygen atoms in total. The summed E-state index contributed by atoms with van der Waals surface area (Å²) in [5, 5.41) is 3.46. The highest BCUT2D eigenvalue weighted by Gasteiger charge is 2.10. The summed E-state index contributed by atoms with van der Waals surface area (Å²) in [6.45, 7) is 4.85. The summed E-state index contributed by atoms with van der Waals surface area (Å²) in [5.41, 5.74) is 4.51. The van der Waals surface area contributed by atoms with E-state index in [1.54, 1.807) is 7.11 Å². The molecule has 0 aliphatic heterocycles. The largest absolute Gasteiger partial charge is 0.496 e. The normalized spacial score (nSPS) is 10.6. The molecule has 0 saturated heterocycles. The van der Waals surface area contributed by atoms with Crippen LogP contribution >= 0.6 is 0 Å². The van der Waals surface area contributed by atoms with Crippen LogP contribution in [0.5, 0.6) is 5.75 Å². The lowest BCUT2D eigenvalue weighted by Gasteiger charge is -2.16. The highest BCUT2D eigenvalue weighted by molar-refractivity contribution is 5.59. The van der Waals surface area contributed by atoms with E-state index in [2.05, 4.69) is 40.8 Å². The molecule has 2 rings (SSSR count). The number of nitrogens with zero attached hydrogens (tertiary/aromatic N) is 3. The number of methoxy groups -OCH3 is 1. The Morgan fingerprint density at radius 2 is 2.00 bits per heavy atom. The first-order valence-corrected chi connectivity index (χ1v) is 7.01. The summed E-state index contributed by atoms with van der Waals surface area (Å²) in [6, 6.07) is 4.17. The van der Waals surface area contributed by atoms with Crippen molar-refractivity contribution in [2.45, 2.75) is 20.4 Å². The van der Waals surface area contributed by atoms with Gasteiger partial charge in [-0.15, -0.1) is 0 Å². The third-order valence-electron chi connectivity index (χ3n) is 3.73. The van der Waals surface area contributed by atoms with Crippen molar-refractivity contribution in [1.82, 2.24) is 9.55 Å². The van der Waals surface area contributed by atoms with Crippen LogP contribution in [0.2, 0.25) is 0 Å². The van der Waals surface area contributed by atoms with Gasteiger partial charge < -0.3 is 19.5 Å². The molecule has 21 heavy (non-hydrogen) atoms. The predicted molar refractivity (Wildman–Crippen MR) is 87.3 cm³/mol. The van der Waals surface area contributed by atoms with Crippen LogP contribution in [0.15, 0.2) is 18.3 Å². The van der Waals surface area contributed by atoms with Crippen LogP contribution in [0.25, 0.3) is 0 Å². The molecule has 1 N–H and O–H groups in total. The van der Waals surface area contributed by atoms with E-state index in [1.165, 1.54) is 0 Å². The Bertz CT molecular complexity index is 631. The van der Waals surface area contributed by atoms with Gasteiger partial charge in [-0.25, -0.2) is 4.98 Å². The summed E-state index contributed by atoms with van der Waals surface area (Å²) >= 11 is 0. The van der Waals surface area contributed by atoms with Gasteiger partial charge in [-0.05, 0) is 25.5 Å². The number of rotatable bonds is 5. The molecule has 1 aromatic carbocycles. The molecule has 2 aromatic rings. The minimum Gasteiger partial charge on any atom is -0.496 e. The lowest BCUT2D eigenvalue weighted by atomic mass is 10.1. The molecule has 0 aliphatic carbocycles. The SMILES string of the molecule is COc1c(C)ccc(NCc2cnc(N(C)C)n2C)c1C. The van der Waals surface area contributed by atoms with Gasteiger partial charge in [0.1, 0.15) is 5.75 Å². The second kappa shape index (κ2) is 6.08. The monoisotopic (exact) mass is 288 g/mol. The van der Waals surface area contributed by atoms with Gasteiger partial charge >= 0.3 is 0 Å². The van der Waals surface area contributed by atoms with Crippen molar-refractivity contribution in [2.24, 2.45) is 7.05 Å². The van der Waals surface area contributed by atoms with Gasteiger partial charge in [0.05, 0.1) is 25.5 Å². The number of anilines is 2. The van der Waals surface area contributed by atoms with Crippen LogP contribution in [-0.2, 0) is 13.6 Å². The maximum Gasteiger partial charge on any atom is 0.204 e. The molecule has 0 spiro atoms. The molecular weight excluding hydrogens is 264 g/mol. The van der Waals surface area contributed by atoms with Crippen molar-refractivity contribution >= 4 is 11.6 Å². The fourth-order valence-electron chi connectivity index (χ4n) is 2.53. The van der Waals surface area contributed by atoms with Gasteiger partial charge in [-0.1, -0.05) is 6.07 Å². The number of aryl methyl sites for hydroxylation is 1. The second-order valence-electron chi connectivity index (χ2n) is 5.44. The van der Waals surface area contributed by atoms with E-state index in [0.29, 0.717) is 0 Å². The molecule has 5 heteroatoms. The second-order valence-corrected chi connectivity index (χ2v) is 5.44. The van der Waals surface area contributed by atoms with Gasteiger partial charge in [0.25, 0.3) is 0 Å². The van der Waals surface area contributed by atoms with E-state index < -0.39 is 0 Å². The molecule has 0 amide bonds. The Morgan fingerprint density at radius 3 is 2.57 bits per heavy atom. The molecule has 0 saturated carbocycles. The number of imidazole rings is 1. The van der Waals surface area contributed by atoms with Crippen molar-refractivity contribution in [3.05, 3.63) is 35.2 Å². The van der Waals surface area contributed by atoms with E-state index in [0.717, 1.165) is 40.8 Å². The van der Waals surface area contributed by atoms with Crippen molar-refractivity contribution < 1.29 is 4.74 Å². The summed E-state index contributed by atoms with van der Waals surface area (Å²) < 4.78 is 7.55. The lowest BCUT2D eigenvalue weighted by molar-refractivity contribution is 0.409. The Balaban J connectivity index is 2.17. The zero-order chi connectivity index (χ0) is 15.6. The molecular formula is C16H24N4O. The van der Waals surface area contributed by atoms with Crippen LogP contribution in [0, 0.1) is 13.8 Å². The zero-order valence-electron chi connectivity index (χ0n) is 13.7. The van der Waals surface area contributed by atoms with Gasteiger partial charge in [0, 0.05) is 32.4 Å². The van der Waals surface area contributed by atoms with E-state index >= 15 is 0 Å². The first kappa shape index (κ1) is 15.2. The van der Waals surface area contributed by atoms with Gasteiger partial charge in [-0.2, -0.15) is 0 Å². The molecule has 0 unspecified atom stereocenters. The predicted octanol–water partition coefficient (Wildman–Crippen LogP) is 2.72. The van der Waals surface area contributed by atoms with Crippen molar-refractivity contribution in [3.8, 4) is 5.75 Å². The number of benzene rings is 1. The molecule has 0 bridgehead atoms. The van der Waals surface area contributed by atoms with Crippen molar-refractivity contribution in [2.75, 3.05) is 31.4 Å².